The van der Waals surface area contributed by atoms with E-state index in [1.54, 1.807) is 0 Å². The number of carbonyl (C=O) groups is 1. The summed E-state index contributed by atoms with van der Waals surface area (Å²) < 4.78 is 0.906. The Balaban J connectivity index is 2.20. The molecular formula is C16H23BrN2O2. The van der Waals surface area contributed by atoms with Crippen molar-refractivity contribution in [1.82, 2.24) is 9.80 Å². The summed E-state index contributed by atoms with van der Waals surface area (Å²) in [6.45, 7) is 4.35. The van der Waals surface area contributed by atoms with Crippen molar-refractivity contribution in [3.63, 3.8) is 0 Å². The largest absolute Gasteiger partial charge is 0.395 e. The van der Waals surface area contributed by atoms with E-state index < -0.39 is 0 Å². The first kappa shape index (κ1) is 16.5. The lowest BCUT2D eigenvalue weighted by Gasteiger charge is -2.37. The van der Waals surface area contributed by atoms with Crippen LogP contribution in [-0.4, -0.2) is 60.1 Å². The van der Waals surface area contributed by atoms with Crippen LogP contribution in [0.1, 0.15) is 28.8 Å². The summed E-state index contributed by atoms with van der Waals surface area (Å²) >= 11 is 3.43. The highest BCUT2D eigenvalue weighted by Crippen LogP contribution is 2.22. The Bertz CT molecular complexity index is 499. The van der Waals surface area contributed by atoms with Crippen LogP contribution in [0.3, 0.4) is 0 Å². The molecule has 0 unspecified atom stereocenters. The molecule has 4 nitrogen and oxygen atoms in total. The van der Waals surface area contributed by atoms with E-state index in [1.807, 2.05) is 30.0 Å². The third-order valence-corrected chi connectivity index (χ3v) is 4.65. The van der Waals surface area contributed by atoms with Gasteiger partial charge >= 0.3 is 0 Å². The van der Waals surface area contributed by atoms with Gasteiger partial charge in [0.05, 0.1) is 6.61 Å². The van der Waals surface area contributed by atoms with Crippen LogP contribution in [0, 0.1) is 6.92 Å². The average Bonchev–Trinajstić information content (AvgIpc) is 2.48. The zero-order valence-corrected chi connectivity index (χ0v) is 14.3. The number of hydrogen-bond acceptors (Lipinski definition) is 3. The number of aliphatic hydroxyl groups excluding tert-OH is 1. The first-order chi connectivity index (χ1) is 10.0. The fourth-order valence-electron chi connectivity index (χ4n) is 2.84. The maximum Gasteiger partial charge on any atom is 0.254 e. The molecule has 1 saturated heterocycles. The summed E-state index contributed by atoms with van der Waals surface area (Å²) in [7, 11) is 2.10. The number of piperidine rings is 1. The number of aliphatic hydroxyl groups is 1. The SMILES string of the molecule is Cc1ccc(Br)cc1C(=O)N(CCO)C1CCN(C)CC1. The zero-order valence-electron chi connectivity index (χ0n) is 12.7. The van der Waals surface area contributed by atoms with E-state index in [4.69, 9.17) is 0 Å². The van der Waals surface area contributed by atoms with E-state index in [0.29, 0.717) is 6.54 Å². The minimum Gasteiger partial charge on any atom is -0.395 e. The fourth-order valence-corrected chi connectivity index (χ4v) is 3.20. The highest BCUT2D eigenvalue weighted by atomic mass is 79.9. The minimum absolute atomic E-state index is 0.00509. The van der Waals surface area contributed by atoms with Crippen molar-refractivity contribution < 1.29 is 9.90 Å². The van der Waals surface area contributed by atoms with Gasteiger partial charge in [0.15, 0.2) is 0 Å². The molecule has 21 heavy (non-hydrogen) atoms. The Labute approximate surface area is 134 Å². The molecule has 0 aliphatic carbocycles. The average molecular weight is 355 g/mol. The third-order valence-electron chi connectivity index (χ3n) is 4.16. The smallest absolute Gasteiger partial charge is 0.254 e. The van der Waals surface area contributed by atoms with Gasteiger partial charge in [0, 0.05) is 22.6 Å². The van der Waals surface area contributed by atoms with Crippen molar-refractivity contribution in [2.75, 3.05) is 33.3 Å². The van der Waals surface area contributed by atoms with Gasteiger partial charge in [-0.1, -0.05) is 22.0 Å². The molecule has 1 amide bonds. The van der Waals surface area contributed by atoms with E-state index in [1.165, 1.54) is 0 Å². The minimum atomic E-state index is 0.00509. The van der Waals surface area contributed by atoms with Crippen molar-refractivity contribution >= 4 is 21.8 Å². The lowest BCUT2D eigenvalue weighted by Crippen LogP contribution is -2.47. The Morgan fingerprint density at radius 1 is 1.43 bits per heavy atom. The van der Waals surface area contributed by atoms with E-state index in [-0.39, 0.29) is 18.6 Å². The number of halogens is 1. The lowest BCUT2D eigenvalue weighted by atomic mass is 10.0. The van der Waals surface area contributed by atoms with Gasteiger partial charge in [0.25, 0.3) is 5.91 Å². The van der Waals surface area contributed by atoms with Crippen LogP contribution in [-0.2, 0) is 0 Å². The molecule has 0 saturated carbocycles. The molecule has 1 fully saturated rings. The number of likely N-dealkylation sites (tertiary alicyclic amines) is 1. The molecule has 2 rings (SSSR count). The van der Waals surface area contributed by atoms with Gasteiger partial charge in [-0.05, 0) is 57.6 Å². The molecule has 0 bridgehead atoms. The summed E-state index contributed by atoms with van der Waals surface area (Å²) in [6.07, 6.45) is 1.94. The number of amides is 1. The molecule has 1 N–H and O–H groups in total. The molecule has 1 aromatic rings. The molecule has 0 radical (unpaired) electrons. The molecule has 1 heterocycles. The highest BCUT2D eigenvalue weighted by molar-refractivity contribution is 9.10. The van der Waals surface area contributed by atoms with E-state index in [2.05, 4.69) is 27.9 Å². The molecule has 0 spiro atoms. The van der Waals surface area contributed by atoms with Crippen molar-refractivity contribution in [1.29, 1.82) is 0 Å². The van der Waals surface area contributed by atoms with Gasteiger partial charge in [0.1, 0.15) is 0 Å². The predicted molar refractivity (Wildman–Crippen MR) is 87.5 cm³/mol. The fraction of sp³-hybridized carbons (Fsp3) is 0.562. The normalized spacial score (nSPS) is 17.0. The maximum atomic E-state index is 12.9. The first-order valence-corrected chi connectivity index (χ1v) is 8.18. The van der Waals surface area contributed by atoms with Gasteiger partial charge in [-0.3, -0.25) is 4.79 Å². The quantitative estimate of drug-likeness (QED) is 0.901. The van der Waals surface area contributed by atoms with Gasteiger partial charge in [-0.2, -0.15) is 0 Å². The second-order valence-corrected chi connectivity index (χ2v) is 6.63. The molecule has 5 heteroatoms. The van der Waals surface area contributed by atoms with Gasteiger partial charge < -0.3 is 14.9 Å². The Hall–Kier alpha value is -0.910. The van der Waals surface area contributed by atoms with Crippen molar-refractivity contribution in [2.24, 2.45) is 0 Å². The number of hydrogen-bond donors (Lipinski definition) is 1. The highest BCUT2D eigenvalue weighted by Gasteiger charge is 2.28. The van der Waals surface area contributed by atoms with E-state index in [0.717, 1.165) is 41.5 Å². The summed E-state index contributed by atoms with van der Waals surface area (Å²) in [5, 5.41) is 9.33. The maximum absolute atomic E-state index is 12.9. The first-order valence-electron chi connectivity index (χ1n) is 7.39. The Kier molecular flexibility index (Phi) is 5.79. The topological polar surface area (TPSA) is 43.8 Å². The second kappa shape index (κ2) is 7.38. The van der Waals surface area contributed by atoms with Crippen LogP contribution in [0.2, 0.25) is 0 Å². The van der Waals surface area contributed by atoms with Crippen LogP contribution in [0.4, 0.5) is 0 Å². The molecule has 1 aliphatic rings. The number of aryl methyl sites for hydroxylation is 1. The molecule has 1 aromatic carbocycles. The second-order valence-electron chi connectivity index (χ2n) is 5.72. The van der Waals surface area contributed by atoms with Crippen molar-refractivity contribution in [3.05, 3.63) is 33.8 Å². The van der Waals surface area contributed by atoms with Gasteiger partial charge in [-0.15, -0.1) is 0 Å². The molecular weight excluding hydrogens is 332 g/mol. The predicted octanol–water partition coefficient (Wildman–Crippen LogP) is 2.29. The third kappa shape index (κ3) is 4.05. The summed E-state index contributed by atoms with van der Waals surface area (Å²) in [4.78, 5) is 17.0. The van der Waals surface area contributed by atoms with Crippen LogP contribution in [0.25, 0.3) is 0 Å². The molecule has 0 aromatic heterocycles. The number of nitrogens with zero attached hydrogens (tertiary/aromatic N) is 2. The van der Waals surface area contributed by atoms with E-state index in [9.17, 15) is 9.90 Å². The monoisotopic (exact) mass is 354 g/mol. The Morgan fingerprint density at radius 3 is 2.71 bits per heavy atom. The number of carbonyl (C=O) groups excluding carboxylic acids is 1. The molecule has 0 atom stereocenters. The van der Waals surface area contributed by atoms with Crippen molar-refractivity contribution in [2.45, 2.75) is 25.8 Å². The zero-order chi connectivity index (χ0) is 15.4. The summed E-state index contributed by atoms with van der Waals surface area (Å²) in [5.74, 6) is 0.0254. The molecule has 1 aliphatic heterocycles. The van der Waals surface area contributed by atoms with Gasteiger partial charge in [0.2, 0.25) is 0 Å². The number of rotatable bonds is 4. The standard InChI is InChI=1S/C16H23BrN2O2/c1-12-3-4-13(17)11-15(12)16(21)19(9-10-20)14-5-7-18(2)8-6-14/h3-4,11,14,20H,5-10H2,1-2H3. The summed E-state index contributed by atoms with van der Waals surface area (Å²) in [6, 6.07) is 5.98. The van der Waals surface area contributed by atoms with Gasteiger partial charge in [-0.25, -0.2) is 0 Å². The van der Waals surface area contributed by atoms with Crippen LogP contribution in [0.15, 0.2) is 22.7 Å². The molecule has 116 valence electrons. The van der Waals surface area contributed by atoms with Crippen LogP contribution >= 0.6 is 15.9 Å². The van der Waals surface area contributed by atoms with E-state index >= 15 is 0 Å². The Morgan fingerprint density at radius 2 is 2.10 bits per heavy atom. The van der Waals surface area contributed by atoms with Crippen LogP contribution < -0.4 is 0 Å². The van der Waals surface area contributed by atoms with Crippen molar-refractivity contribution in [3.8, 4) is 0 Å². The van der Waals surface area contributed by atoms with Crippen LogP contribution in [0.5, 0.6) is 0 Å². The lowest BCUT2D eigenvalue weighted by molar-refractivity contribution is 0.0539. The summed E-state index contributed by atoms with van der Waals surface area (Å²) in [5.41, 5.74) is 1.69. The number of benzene rings is 1.